The van der Waals surface area contributed by atoms with Crippen LogP contribution in [-0.4, -0.2) is 27.6 Å². The van der Waals surface area contributed by atoms with Gasteiger partial charge in [0, 0.05) is 12.1 Å². The molecule has 0 radical (unpaired) electrons. The second kappa shape index (κ2) is 8.82. The fraction of sp³-hybridized carbons (Fsp3) is 0.381. The van der Waals surface area contributed by atoms with Gasteiger partial charge in [-0.05, 0) is 48.6 Å². The molecule has 0 saturated heterocycles. The molecule has 0 aliphatic carbocycles. The Bertz CT molecular complexity index is 850. The molecule has 1 aromatic heterocycles. The van der Waals surface area contributed by atoms with Crippen LogP contribution in [0.3, 0.4) is 0 Å². The normalized spacial score (nSPS) is 12.4. The van der Waals surface area contributed by atoms with Crippen molar-refractivity contribution in [1.29, 1.82) is 0 Å². The number of carbonyl (C=O) groups is 2. The van der Waals surface area contributed by atoms with E-state index >= 15 is 0 Å². The van der Waals surface area contributed by atoms with Gasteiger partial charge in [-0.2, -0.15) is 5.10 Å². The molecule has 0 fully saturated rings. The summed E-state index contributed by atoms with van der Waals surface area (Å²) in [6.07, 6.45) is 3.33. The Morgan fingerprint density at radius 2 is 1.96 bits per heavy atom. The molecule has 0 unspecified atom stereocenters. The number of amides is 2. The molecule has 0 aliphatic rings. The highest BCUT2D eigenvalue weighted by Gasteiger charge is 2.32. The first kappa shape index (κ1) is 21.3. The van der Waals surface area contributed by atoms with Crippen molar-refractivity contribution in [2.24, 2.45) is 11.1 Å². The van der Waals surface area contributed by atoms with Crippen LogP contribution in [0.4, 0.5) is 4.39 Å². The molecule has 1 atom stereocenters. The van der Waals surface area contributed by atoms with Crippen molar-refractivity contribution in [3.05, 3.63) is 54.5 Å². The van der Waals surface area contributed by atoms with E-state index in [2.05, 4.69) is 17.0 Å². The lowest BCUT2D eigenvalue weighted by atomic mass is 9.86. The van der Waals surface area contributed by atoms with E-state index in [1.807, 2.05) is 20.8 Å². The minimum absolute atomic E-state index is 0.318. The maximum Gasteiger partial charge on any atom is 0.270 e. The van der Waals surface area contributed by atoms with Crippen molar-refractivity contribution < 1.29 is 14.0 Å². The van der Waals surface area contributed by atoms with Gasteiger partial charge in [-0.15, -0.1) is 6.58 Å². The number of unbranched alkanes of at least 4 members (excludes halogenated alkanes) is 1. The molecule has 0 spiro atoms. The molecule has 0 bridgehead atoms. The van der Waals surface area contributed by atoms with Gasteiger partial charge in [0.05, 0.1) is 5.69 Å². The lowest BCUT2D eigenvalue weighted by Gasteiger charge is -2.28. The summed E-state index contributed by atoms with van der Waals surface area (Å²) in [6.45, 7) is 9.69. The van der Waals surface area contributed by atoms with Crippen LogP contribution in [-0.2, 0) is 11.3 Å². The maximum absolute atomic E-state index is 13.2. The topological polar surface area (TPSA) is 90.0 Å². The first-order valence-electron chi connectivity index (χ1n) is 9.18. The van der Waals surface area contributed by atoms with Crippen molar-refractivity contribution in [3.63, 3.8) is 0 Å². The number of aryl methyl sites for hydroxylation is 1. The number of carbonyl (C=O) groups excluding carboxylic acids is 2. The molecule has 0 aliphatic heterocycles. The van der Waals surface area contributed by atoms with E-state index in [1.165, 1.54) is 12.1 Å². The van der Waals surface area contributed by atoms with Gasteiger partial charge in [0.25, 0.3) is 5.91 Å². The molecule has 6 nitrogen and oxygen atoms in total. The predicted molar refractivity (Wildman–Crippen MR) is 107 cm³/mol. The van der Waals surface area contributed by atoms with Crippen molar-refractivity contribution in [1.82, 2.24) is 15.1 Å². The largest absolute Gasteiger partial charge is 0.368 e. The Morgan fingerprint density at radius 3 is 2.50 bits per heavy atom. The van der Waals surface area contributed by atoms with Gasteiger partial charge in [-0.25, -0.2) is 4.39 Å². The molecule has 2 amide bonds. The van der Waals surface area contributed by atoms with Gasteiger partial charge in [-0.3, -0.25) is 14.3 Å². The van der Waals surface area contributed by atoms with Crippen LogP contribution in [0, 0.1) is 11.2 Å². The van der Waals surface area contributed by atoms with Gasteiger partial charge in [0.2, 0.25) is 5.91 Å². The number of aromatic nitrogens is 2. The zero-order chi connectivity index (χ0) is 20.9. The Hall–Kier alpha value is -2.96. The fourth-order valence-corrected chi connectivity index (χ4v) is 2.84. The standard InChI is InChI=1S/C21H27FN4O2/c1-5-6-7-12-26-17(20(28)24-18(19(23)27)21(2,3)4)13-16(25-26)14-8-10-15(22)11-9-14/h5,8-11,13,18H,1,6-7,12H2,2-4H3,(H2,23,27)(H,24,28)/t18-/m1/s1. The molecule has 1 heterocycles. The van der Waals surface area contributed by atoms with Gasteiger partial charge >= 0.3 is 0 Å². The SMILES string of the molecule is C=CCCCn1nc(-c2ccc(F)cc2)cc1C(=O)N[C@H](C(N)=O)C(C)(C)C. The number of nitrogens with two attached hydrogens (primary N) is 1. The third kappa shape index (κ3) is 5.28. The summed E-state index contributed by atoms with van der Waals surface area (Å²) < 4.78 is 14.8. The van der Waals surface area contributed by atoms with E-state index in [9.17, 15) is 14.0 Å². The van der Waals surface area contributed by atoms with Gasteiger partial charge in [0.1, 0.15) is 17.6 Å². The molecule has 3 N–H and O–H groups in total. The van der Waals surface area contributed by atoms with E-state index in [0.717, 1.165) is 12.8 Å². The number of nitrogens with one attached hydrogen (secondary N) is 1. The van der Waals surface area contributed by atoms with Crippen LogP contribution in [0.25, 0.3) is 11.3 Å². The predicted octanol–water partition coefficient (Wildman–Crippen LogP) is 3.29. The van der Waals surface area contributed by atoms with E-state index in [0.29, 0.717) is 23.5 Å². The number of benzene rings is 1. The van der Waals surface area contributed by atoms with Crippen LogP contribution in [0.5, 0.6) is 0 Å². The van der Waals surface area contributed by atoms with Crippen LogP contribution >= 0.6 is 0 Å². The highest BCUT2D eigenvalue weighted by atomic mass is 19.1. The zero-order valence-electron chi connectivity index (χ0n) is 16.5. The zero-order valence-corrected chi connectivity index (χ0v) is 16.5. The second-order valence-electron chi connectivity index (χ2n) is 7.75. The van der Waals surface area contributed by atoms with Crippen LogP contribution in [0.2, 0.25) is 0 Å². The van der Waals surface area contributed by atoms with Gasteiger partial charge in [0.15, 0.2) is 0 Å². The minimum Gasteiger partial charge on any atom is -0.368 e. The number of allylic oxidation sites excluding steroid dienone is 1. The van der Waals surface area contributed by atoms with E-state index in [4.69, 9.17) is 5.73 Å². The van der Waals surface area contributed by atoms with E-state index < -0.39 is 23.3 Å². The van der Waals surface area contributed by atoms with Crippen molar-refractivity contribution in [2.75, 3.05) is 0 Å². The monoisotopic (exact) mass is 386 g/mol. The number of hydrogen-bond donors (Lipinski definition) is 2. The second-order valence-corrected chi connectivity index (χ2v) is 7.75. The lowest BCUT2D eigenvalue weighted by molar-refractivity contribution is -0.122. The average molecular weight is 386 g/mol. The summed E-state index contributed by atoms with van der Waals surface area (Å²) in [7, 11) is 0. The Labute approximate surface area is 164 Å². The molecular formula is C21H27FN4O2. The summed E-state index contributed by atoms with van der Waals surface area (Å²) in [4.78, 5) is 24.7. The third-order valence-corrected chi connectivity index (χ3v) is 4.36. The smallest absolute Gasteiger partial charge is 0.270 e. The molecule has 2 aromatic rings. The van der Waals surface area contributed by atoms with Crippen LogP contribution in [0.1, 0.15) is 44.1 Å². The number of nitrogens with zero attached hydrogens (tertiary/aromatic N) is 2. The Morgan fingerprint density at radius 1 is 1.32 bits per heavy atom. The molecular weight excluding hydrogens is 359 g/mol. The van der Waals surface area contributed by atoms with Crippen molar-refractivity contribution >= 4 is 11.8 Å². The summed E-state index contributed by atoms with van der Waals surface area (Å²) in [6, 6.07) is 6.70. The summed E-state index contributed by atoms with van der Waals surface area (Å²) in [5.74, 6) is -1.38. The van der Waals surface area contributed by atoms with Gasteiger partial charge < -0.3 is 11.1 Å². The lowest BCUT2D eigenvalue weighted by Crippen LogP contribution is -2.52. The average Bonchev–Trinajstić information content (AvgIpc) is 3.03. The highest BCUT2D eigenvalue weighted by molar-refractivity contribution is 5.97. The molecule has 7 heteroatoms. The van der Waals surface area contributed by atoms with Crippen molar-refractivity contribution in [2.45, 2.75) is 46.2 Å². The first-order valence-corrected chi connectivity index (χ1v) is 9.18. The molecule has 1 aromatic carbocycles. The third-order valence-electron chi connectivity index (χ3n) is 4.36. The fourth-order valence-electron chi connectivity index (χ4n) is 2.84. The summed E-state index contributed by atoms with van der Waals surface area (Å²) >= 11 is 0. The number of hydrogen-bond acceptors (Lipinski definition) is 3. The van der Waals surface area contributed by atoms with E-state index in [1.54, 1.807) is 29.0 Å². The minimum atomic E-state index is -0.828. The number of halogens is 1. The number of primary amides is 1. The summed E-state index contributed by atoms with van der Waals surface area (Å²) in [5.41, 5.74) is 6.50. The molecule has 0 saturated carbocycles. The molecule has 2 rings (SSSR count). The van der Waals surface area contributed by atoms with Crippen LogP contribution in [0.15, 0.2) is 43.0 Å². The Kier molecular flexibility index (Phi) is 6.72. The molecule has 150 valence electrons. The summed E-state index contributed by atoms with van der Waals surface area (Å²) in [5, 5.41) is 7.22. The maximum atomic E-state index is 13.2. The molecule has 28 heavy (non-hydrogen) atoms. The Balaban J connectivity index is 2.36. The van der Waals surface area contributed by atoms with E-state index in [-0.39, 0.29) is 5.82 Å². The van der Waals surface area contributed by atoms with Crippen LogP contribution < -0.4 is 11.1 Å². The quantitative estimate of drug-likeness (QED) is 0.539. The van der Waals surface area contributed by atoms with Gasteiger partial charge in [-0.1, -0.05) is 26.8 Å². The van der Waals surface area contributed by atoms with Crippen molar-refractivity contribution in [3.8, 4) is 11.3 Å². The number of rotatable bonds is 8. The first-order chi connectivity index (χ1) is 13.1. The highest BCUT2D eigenvalue weighted by Crippen LogP contribution is 2.22.